The molecule has 1 aromatic heterocycles. The molecule has 0 bridgehead atoms. The van der Waals surface area contributed by atoms with Gasteiger partial charge in [-0.1, -0.05) is 6.92 Å². The molecule has 4 nitrogen and oxygen atoms in total. The molecule has 0 unspecified atom stereocenters. The van der Waals surface area contributed by atoms with Crippen LogP contribution in [0.25, 0.3) is 0 Å². The van der Waals surface area contributed by atoms with Crippen LogP contribution in [0.2, 0.25) is 0 Å². The standard InChI is InChI=1S/C11H17N3O/c1-8-2-3-14(7-11(8)15)10-4-9(12)5-13-6-10/h4-6,8,11,15H,2-3,7,12H2,1H3/t8-,11+/m1/s1. The van der Waals surface area contributed by atoms with Gasteiger partial charge in [0, 0.05) is 19.3 Å². The highest BCUT2D eigenvalue weighted by molar-refractivity contribution is 5.53. The van der Waals surface area contributed by atoms with E-state index in [1.807, 2.05) is 6.07 Å². The van der Waals surface area contributed by atoms with Crippen molar-refractivity contribution >= 4 is 11.4 Å². The normalized spacial score (nSPS) is 26.7. The molecule has 2 rings (SSSR count). The smallest absolute Gasteiger partial charge is 0.0741 e. The second-order valence-electron chi connectivity index (χ2n) is 4.26. The van der Waals surface area contributed by atoms with Gasteiger partial charge in [-0.15, -0.1) is 0 Å². The van der Waals surface area contributed by atoms with Gasteiger partial charge in [-0.2, -0.15) is 0 Å². The molecule has 3 N–H and O–H groups in total. The molecule has 4 heteroatoms. The molecule has 82 valence electrons. The van der Waals surface area contributed by atoms with Gasteiger partial charge in [0.2, 0.25) is 0 Å². The van der Waals surface area contributed by atoms with Crippen molar-refractivity contribution < 1.29 is 5.11 Å². The predicted molar refractivity (Wildman–Crippen MR) is 60.7 cm³/mol. The quantitative estimate of drug-likeness (QED) is 0.717. The Kier molecular flexibility index (Phi) is 2.77. The zero-order valence-electron chi connectivity index (χ0n) is 8.93. The van der Waals surface area contributed by atoms with Gasteiger partial charge in [0.1, 0.15) is 0 Å². The lowest BCUT2D eigenvalue weighted by Crippen LogP contribution is -2.42. The van der Waals surface area contributed by atoms with E-state index in [2.05, 4.69) is 16.8 Å². The zero-order chi connectivity index (χ0) is 10.8. The van der Waals surface area contributed by atoms with Gasteiger partial charge >= 0.3 is 0 Å². The van der Waals surface area contributed by atoms with Crippen LogP contribution in [0, 0.1) is 5.92 Å². The first-order valence-electron chi connectivity index (χ1n) is 5.30. The number of anilines is 2. The molecule has 1 aliphatic rings. The summed E-state index contributed by atoms with van der Waals surface area (Å²) in [5, 5.41) is 9.79. The summed E-state index contributed by atoms with van der Waals surface area (Å²) in [6.07, 6.45) is 4.18. The average molecular weight is 207 g/mol. The molecule has 2 heterocycles. The number of β-amino-alcohol motifs (C(OH)–C–C–N with tert-alkyl or cyclic N) is 1. The lowest BCUT2D eigenvalue weighted by atomic mass is 9.96. The fourth-order valence-electron chi connectivity index (χ4n) is 1.90. The van der Waals surface area contributed by atoms with Crippen LogP contribution in [0.3, 0.4) is 0 Å². The number of hydrogen-bond donors (Lipinski definition) is 2. The fraction of sp³-hybridized carbons (Fsp3) is 0.545. The van der Waals surface area contributed by atoms with Gasteiger partial charge in [0.25, 0.3) is 0 Å². The number of aromatic nitrogens is 1. The van der Waals surface area contributed by atoms with Crippen LogP contribution in [0.1, 0.15) is 13.3 Å². The third kappa shape index (κ3) is 2.21. The van der Waals surface area contributed by atoms with Crippen LogP contribution < -0.4 is 10.6 Å². The van der Waals surface area contributed by atoms with E-state index in [0.29, 0.717) is 18.2 Å². The van der Waals surface area contributed by atoms with Gasteiger partial charge in [0.05, 0.1) is 23.7 Å². The minimum Gasteiger partial charge on any atom is -0.397 e. The van der Waals surface area contributed by atoms with Crippen LogP contribution in [0.15, 0.2) is 18.5 Å². The van der Waals surface area contributed by atoms with E-state index in [9.17, 15) is 5.11 Å². The summed E-state index contributed by atoms with van der Waals surface area (Å²) >= 11 is 0. The first-order chi connectivity index (χ1) is 7.16. The topological polar surface area (TPSA) is 62.4 Å². The summed E-state index contributed by atoms with van der Waals surface area (Å²) < 4.78 is 0. The minimum atomic E-state index is -0.250. The van der Waals surface area contributed by atoms with Crippen molar-refractivity contribution in [2.45, 2.75) is 19.4 Å². The number of aliphatic hydroxyl groups is 1. The van der Waals surface area contributed by atoms with E-state index in [0.717, 1.165) is 18.7 Å². The van der Waals surface area contributed by atoms with Crippen LogP contribution in [0.4, 0.5) is 11.4 Å². The molecule has 0 aromatic carbocycles. The Morgan fingerprint density at radius 3 is 3.00 bits per heavy atom. The van der Waals surface area contributed by atoms with Crippen molar-refractivity contribution in [3.05, 3.63) is 18.5 Å². The van der Waals surface area contributed by atoms with Crippen LogP contribution in [0.5, 0.6) is 0 Å². The Morgan fingerprint density at radius 2 is 2.33 bits per heavy atom. The number of pyridine rings is 1. The van der Waals surface area contributed by atoms with Gasteiger partial charge < -0.3 is 15.7 Å². The molecular formula is C11H17N3O. The molecule has 1 fully saturated rings. The molecule has 1 aromatic rings. The largest absolute Gasteiger partial charge is 0.397 e. The summed E-state index contributed by atoms with van der Waals surface area (Å²) in [6, 6.07) is 1.90. The van der Waals surface area contributed by atoms with Crippen molar-refractivity contribution in [1.82, 2.24) is 4.98 Å². The maximum atomic E-state index is 9.79. The maximum absolute atomic E-state index is 9.79. The molecule has 2 atom stereocenters. The lowest BCUT2D eigenvalue weighted by molar-refractivity contribution is 0.103. The second kappa shape index (κ2) is 4.06. The second-order valence-corrected chi connectivity index (χ2v) is 4.26. The van der Waals surface area contributed by atoms with Gasteiger partial charge in [-0.3, -0.25) is 4.98 Å². The van der Waals surface area contributed by atoms with Crippen LogP contribution >= 0.6 is 0 Å². The Balaban J connectivity index is 2.12. The van der Waals surface area contributed by atoms with Crippen molar-refractivity contribution in [3.8, 4) is 0 Å². The van der Waals surface area contributed by atoms with Crippen molar-refractivity contribution in [2.24, 2.45) is 5.92 Å². The highest BCUT2D eigenvalue weighted by Gasteiger charge is 2.24. The Morgan fingerprint density at radius 1 is 1.53 bits per heavy atom. The molecule has 0 amide bonds. The number of aliphatic hydroxyl groups excluding tert-OH is 1. The van der Waals surface area contributed by atoms with E-state index >= 15 is 0 Å². The third-order valence-electron chi connectivity index (χ3n) is 3.03. The van der Waals surface area contributed by atoms with Gasteiger partial charge in [-0.25, -0.2) is 0 Å². The number of nitrogens with two attached hydrogens (primary N) is 1. The summed E-state index contributed by atoms with van der Waals surface area (Å²) in [5.74, 6) is 0.385. The Bertz CT molecular complexity index is 342. The highest BCUT2D eigenvalue weighted by atomic mass is 16.3. The van der Waals surface area contributed by atoms with Crippen LogP contribution in [-0.4, -0.2) is 29.3 Å². The maximum Gasteiger partial charge on any atom is 0.0741 e. The molecule has 0 spiro atoms. The fourth-order valence-corrected chi connectivity index (χ4v) is 1.90. The monoisotopic (exact) mass is 207 g/mol. The molecule has 1 saturated heterocycles. The summed E-state index contributed by atoms with van der Waals surface area (Å²) in [7, 11) is 0. The number of hydrogen-bond acceptors (Lipinski definition) is 4. The van der Waals surface area contributed by atoms with E-state index in [1.54, 1.807) is 12.4 Å². The lowest BCUT2D eigenvalue weighted by Gasteiger charge is -2.35. The highest BCUT2D eigenvalue weighted by Crippen LogP contribution is 2.23. The molecule has 1 aliphatic heterocycles. The van der Waals surface area contributed by atoms with E-state index in [4.69, 9.17) is 5.73 Å². The molecule has 0 radical (unpaired) electrons. The SMILES string of the molecule is C[C@@H]1CCN(c2cncc(N)c2)C[C@@H]1O. The summed E-state index contributed by atoms with van der Waals surface area (Å²) in [4.78, 5) is 6.19. The van der Waals surface area contributed by atoms with Crippen molar-refractivity contribution in [1.29, 1.82) is 0 Å². The van der Waals surface area contributed by atoms with Crippen molar-refractivity contribution in [2.75, 3.05) is 23.7 Å². The number of nitrogens with zero attached hydrogens (tertiary/aromatic N) is 2. The van der Waals surface area contributed by atoms with Crippen LogP contribution in [-0.2, 0) is 0 Å². The van der Waals surface area contributed by atoms with Gasteiger partial charge in [0.15, 0.2) is 0 Å². The van der Waals surface area contributed by atoms with Crippen molar-refractivity contribution in [3.63, 3.8) is 0 Å². The first-order valence-corrected chi connectivity index (χ1v) is 5.30. The van der Waals surface area contributed by atoms with E-state index in [-0.39, 0.29) is 6.10 Å². The Hall–Kier alpha value is -1.29. The molecule has 0 saturated carbocycles. The minimum absolute atomic E-state index is 0.250. The number of rotatable bonds is 1. The third-order valence-corrected chi connectivity index (χ3v) is 3.03. The first kappa shape index (κ1) is 10.2. The summed E-state index contributed by atoms with van der Waals surface area (Å²) in [5.41, 5.74) is 7.34. The molecular weight excluding hydrogens is 190 g/mol. The van der Waals surface area contributed by atoms with Gasteiger partial charge in [-0.05, 0) is 18.4 Å². The van der Waals surface area contributed by atoms with E-state index in [1.165, 1.54) is 0 Å². The Labute approximate surface area is 89.7 Å². The summed E-state index contributed by atoms with van der Waals surface area (Å²) in [6.45, 7) is 3.72. The predicted octanol–water partition coefficient (Wildman–Crippen LogP) is 0.871. The number of piperidine rings is 1. The number of nitrogen functional groups attached to an aromatic ring is 1. The van der Waals surface area contributed by atoms with E-state index < -0.39 is 0 Å². The average Bonchev–Trinajstić information content (AvgIpc) is 2.22. The molecule has 0 aliphatic carbocycles. The zero-order valence-corrected chi connectivity index (χ0v) is 8.93. The molecule has 15 heavy (non-hydrogen) atoms.